The van der Waals surface area contributed by atoms with Gasteiger partial charge in [-0.15, -0.1) is 5.23 Å². The third-order valence-electron chi connectivity index (χ3n) is 10.7. The Kier molecular flexibility index (Phi) is 18.9. The number of aliphatic carboxylic acids is 1. The third-order valence-corrected chi connectivity index (χ3v) is 10.7. The predicted molar refractivity (Wildman–Crippen MR) is 221 cm³/mol. The molecule has 0 radical (unpaired) electrons. The molecule has 1 heterocycles. The number of aliphatic hydroxyl groups is 1. The molecular weight excluding hydrogens is 810 g/mol. The highest BCUT2D eigenvalue weighted by atomic mass is 16.8. The van der Waals surface area contributed by atoms with E-state index >= 15 is 0 Å². The maximum Gasteiger partial charge on any atom is 0.326 e. The number of fused-ring (bicyclic) bond motifs is 5. The number of carboxylic acids is 1. The zero-order chi connectivity index (χ0) is 46.4. The van der Waals surface area contributed by atoms with Crippen LogP contribution in [0.15, 0.2) is 30.3 Å². The summed E-state index contributed by atoms with van der Waals surface area (Å²) in [4.78, 5) is 93.9. The van der Waals surface area contributed by atoms with Gasteiger partial charge in [0.2, 0.25) is 35.4 Å². The third kappa shape index (κ3) is 13.8. The van der Waals surface area contributed by atoms with Gasteiger partial charge in [0.05, 0.1) is 18.8 Å². The highest BCUT2D eigenvalue weighted by molar-refractivity contribution is 5.96. The monoisotopic (exact) mass is 870 g/mol. The van der Waals surface area contributed by atoms with Gasteiger partial charge in [0.25, 0.3) is 0 Å². The van der Waals surface area contributed by atoms with Crippen LogP contribution in [0.1, 0.15) is 96.2 Å². The minimum atomic E-state index is -1.63. The van der Waals surface area contributed by atoms with Gasteiger partial charge in [-0.3, -0.25) is 39.2 Å². The molecule has 20 heteroatoms. The Morgan fingerprint density at radius 2 is 1.52 bits per heavy atom. The SMILES string of the molecule is CC(C)CCCCCCCCC(=O)N(C)[C@H](CO)C(=O)N[C@H](C)C(=O)NCC(=O)N(C)C1C(=O)N[C@@H](C)C(=O)NC(C(=O)O)Cc2cc(c([O-])c(N(O)O)c2)-c2cc1ccc2O. The number of carbonyl (C=O) groups excluding carboxylic acids is 6. The van der Waals surface area contributed by atoms with E-state index in [0.29, 0.717) is 12.3 Å². The zero-order valence-electron chi connectivity index (χ0n) is 36.0. The van der Waals surface area contributed by atoms with Gasteiger partial charge < -0.3 is 51.5 Å². The largest absolute Gasteiger partial charge is 0.871 e. The molecule has 0 saturated heterocycles. The van der Waals surface area contributed by atoms with E-state index in [9.17, 15) is 64.4 Å². The zero-order valence-corrected chi connectivity index (χ0v) is 36.0. The summed E-state index contributed by atoms with van der Waals surface area (Å²) in [7, 11) is 2.59. The molecule has 0 aliphatic carbocycles. The van der Waals surface area contributed by atoms with E-state index in [1.165, 1.54) is 59.0 Å². The molecule has 1 aliphatic rings. The fourth-order valence-electron chi connectivity index (χ4n) is 6.95. The van der Waals surface area contributed by atoms with E-state index in [2.05, 4.69) is 35.1 Å². The first kappa shape index (κ1) is 50.4. The van der Waals surface area contributed by atoms with Crippen molar-refractivity contribution in [3.05, 3.63) is 41.5 Å². The average Bonchev–Trinajstić information content (AvgIpc) is 3.20. The van der Waals surface area contributed by atoms with Gasteiger partial charge >= 0.3 is 5.97 Å². The number of anilines is 1. The van der Waals surface area contributed by atoms with Crippen LogP contribution in [0.25, 0.3) is 11.1 Å². The van der Waals surface area contributed by atoms with Crippen LogP contribution >= 0.6 is 0 Å². The van der Waals surface area contributed by atoms with E-state index in [-0.39, 0.29) is 34.6 Å². The quantitative estimate of drug-likeness (QED) is 0.0705. The van der Waals surface area contributed by atoms with Crippen LogP contribution in [0.5, 0.6) is 11.5 Å². The molecule has 0 aromatic heterocycles. The summed E-state index contributed by atoms with van der Waals surface area (Å²) in [5, 5.41) is 72.9. The molecule has 62 heavy (non-hydrogen) atoms. The summed E-state index contributed by atoms with van der Waals surface area (Å²) in [5.41, 5.74) is -1.27. The van der Waals surface area contributed by atoms with Gasteiger partial charge in [0, 0.05) is 32.5 Å². The first-order valence-electron chi connectivity index (χ1n) is 20.6. The molecule has 2 unspecified atom stereocenters. The number of aromatic hydroxyl groups is 1. The fraction of sp³-hybridized carbons (Fsp3) is 0.548. The molecule has 1 aliphatic heterocycles. The predicted octanol–water partition coefficient (Wildman–Crippen LogP) is 1.06. The molecule has 3 rings (SSSR count). The van der Waals surface area contributed by atoms with E-state index in [4.69, 9.17) is 0 Å². The Balaban J connectivity index is 1.77. The molecule has 6 amide bonds. The maximum absolute atomic E-state index is 13.9. The van der Waals surface area contributed by atoms with Crippen LogP contribution in [0.2, 0.25) is 0 Å². The summed E-state index contributed by atoms with van der Waals surface area (Å²) in [6, 6.07) is -1.42. The minimum Gasteiger partial charge on any atom is -0.871 e. The number of rotatable bonds is 19. The first-order valence-corrected chi connectivity index (χ1v) is 20.6. The van der Waals surface area contributed by atoms with Crippen LogP contribution in [-0.2, 0) is 40.0 Å². The lowest BCUT2D eigenvalue weighted by Crippen LogP contribution is -2.55. The molecule has 20 nitrogen and oxygen atoms in total. The van der Waals surface area contributed by atoms with Crippen molar-refractivity contribution in [2.75, 3.05) is 32.5 Å². The van der Waals surface area contributed by atoms with Gasteiger partial charge in [0.1, 0.15) is 36.0 Å². The Bertz CT molecular complexity index is 1940. The number of nitrogens with zero attached hydrogens (tertiary/aromatic N) is 3. The molecule has 0 fully saturated rings. The van der Waals surface area contributed by atoms with E-state index in [1.807, 2.05) is 0 Å². The molecule has 0 saturated carbocycles. The number of phenolic OH excluding ortho intramolecular Hbond substituents is 1. The van der Waals surface area contributed by atoms with Gasteiger partial charge in [-0.2, -0.15) is 0 Å². The van der Waals surface area contributed by atoms with Crippen LogP contribution in [0.3, 0.4) is 0 Å². The summed E-state index contributed by atoms with van der Waals surface area (Å²) in [6.45, 7) is 5.53. The maximum atomic E-state index is 13.9. The summed E-state index contributed by atoms with van der Waals surface area (Å²) in [5.74, 6) is -7.11. The normalized spacial score (nSPS) is 17.4. The molecule has 5 atom stereocenters. The minimum absolute atomic E-state index is 0.00629. The molecule has 9 N–H and O–H groups in total. The van der Waals surface area contributed by atoms with E-state index in [1.54, 1.807) is 0 Å². The molecule has 342 valence electrons. The number of nitrogens with one attached hydrogen (secondary N) is 4. The average molecular weight is 871 g/mol. The molecular formula is C42H60N7O13-. The molecule has 2 aromatic carbocycles. The smallest absolute Gasteiger partial charge is 0.326 e. The second-order valence-electron chi connectivity index (χ2n) is 16.0. The highest BCUT2D eigenvalue weighted by Crippen LogP contribution is 2.42. The summed E-state index contributed by atoms with van der Waals surface area (Å²) < 4.78 is 0. The number of amides is 6. The van der Waals surface area contributed by atoms with Gasteiger partial charge in [-0.25, -0.2) is 4.79 Å². The van der Waals surface area contributed by atoms with Crippen LogP contribution < -0.4 is 31.6 Å². The van der Waals surface area contributed by atoms with Crippen molar-refractivity contribution < 1.29 is 64.4 Å². The summed E-state index contributed by atoms with van der Waals surface area (Å²) in [6.07, 6.45) is 6.74. The number of carbonyl (C=O) groups is 7. The van der Waals surface area contributed by atoms with Crippen molar-refractivity contribution in [2.45, 2.75) is 116 Å². The topological polar surface area (TPSA) is 302 Å². The number of hydrogen-bond donors (Lipinski definition) is 9. The number of carboxylic acid groups (broad SMARTS) is 1. The second-order valence-corrected chi connectivity index (χ2v) is 16.0. The molecule has 4 bridgehead atoms. The number of hydrogen-bond acceptors (Lipinski definition) is 13. The van der Waals surface area contributed by atoms with Crippen LogP contribution in [0, 0.1) is 5.92 Å². The number of aliphatic hydroxyl groups excluding tert-OH is 1. The standard InChI is InChI=1S/C42H61N7O13/c1-23(2)13-11-9-7-8-10-12-14-34(52)47(5)32(22-50)40(57)44-24(3)38(55)43-21-35(53)48(6)36-27-15-16-33(51)28(20-27)29-17-26(19-31(37(29)54)49(61)62)18-30(42(59)60)46-39(56)25(4)45-41(36)58/h15-17,19-20,23-25,30,32,36,50-51,54,61-62H,7-14,18,21-22H2,1-6H3,(H,43,55)(H,44,57)(H,45,58)(H,46,56)(H,59,60)/p-1/t24-,25+,30?,32-,36?/m1/s1. The van der Waals surface area contributed by atoms with E-state index in [0.717, 1.165) is 47.6 Å². The summed E-state index contributed by atoms with van der Waals surface area (Å²) >= 11 is 0. The Labute approximate surface area is 360 Å². The van der Waals surface area contributed by atoms with Crippen molar-refractivity contribution in [2.24, 2.45) is 5.92 Å². The highest BCUT2D eigenvalue weighted by Gasteiger charge is 2.34. The first-order chi connectivity index (χ1) is 29.2. The van der Waals surface area contributed by atoms with E-state index < -0.39 is 108 Å². The van der Waals surface area contributed by atoms with Crippen molar-refractivity contribution in [1.82, 2.24) is 31.1 Å². The number of unbranched alkanes of at least 4 members (excludes halogenated alkanes) is 5. The number of likely N-dealkylation sites (N-methyl/N-ethyl adjacent to an activating group) is 2. The number of benzene rings is 2. The molecule has 0 spiro atoms. The van der Waals surface area contributed by atoms with Gasteiger partial charge in [-0.1, -0.05) is 70.3 Å². The van der Waals surface area contributed by atoms with Crippen molar-refractivity contribution in [3.63, 3.8) is 0 Å². The van der Waals surface area contributed by atoms with Gasteiger partial charge in [-0.05, 0) is 61.1 Å². The lowest BCUT2D eigenvalue weighted by Gasteiger charge is -2.31. The van der Waals surface area contributed by atoms with Gasteiger partial charge in [0.15, 0.2) is 0 Å². The van der Waals surface area contributed by atoms with Crippen molar-refractivity contribution in [3.8, 4) is 22.6 Å². The Morgan fingerprint density at radius 1 is 0.871 bits per heavy atom. The molecule has 2 aromatic rings. The lowest BCUT2D eigenvalue weighted by molar-refractivity contribution is -0.267. The second kappa shape index (κ2) is 23.3. The number of phenols is 1. The van der Waals surface area contributed by atoms with Crippen LogP contribution in [-0.4, -0.2) is 128 Å². The fourth-order valence-corrected chi connectivity index (χ4v) is 6.95. The van der Waals surface area contributed by atoms with Crippen molar-refractivity contribution >= 4 is 47.1 Å². The van der Waals surface area contributed by atoms with Crippen LogP contribution in [0.4, 0.5) is 5.69 Å². The Morgan fingerprint density at radius 3 is 2.13 bits per heavy atom. The lowest BCUT2D eigenvalue weighted by atomic mass is 9.93. The van der Waals surface area contributed by atoms with Crippen molar-refractivity contribution in [1.29, 1.82) is 0 Å². The Hall–Kier alpha value is -5.99.